The number of ether oxygens (including phenoxy) is 1. The van der Waals surface area contributed by atoms with Crippen LogP contribution in [-0.4, -0.2) is 66.8 Å². The molecule has 1 aromatic heterocycles. The highest BCUT2D eigenvalue weighted by molar-refractivity contribution is 7.91. The van der Waals surface area contributed by atoms with Crippen LogP contribution >= 0.6 is 0 Å². The summed E-state index contributed by atoms with van der Waals surface area (Å²) in [7, 11) is -1.59. The zero-order valence-electron chi connectivity index (χ0n) is 20.3. The number of benzene rings is 2. The van der Waals surface area contributed by atoms with E-state index in [2.05, 4.69) is 16.7 Å². The van der Waals surface area contributed by atoms with Crippen LogP contribution in [0.1, 0.15) is 36.7 Å². The maximum absolute atomic E-state index is 12.5. The Morgan fingerprint density at radius 1 is 1.14 bits per heavy atom. The average molecular weight is 497 g/mol. The molecule has 1 amide bonds. The molecule has 8 nitrogen and oxygen atoms in total. The number of methoxy groups -OCH3 is 1. The number of anilines is 1. The summed E-state index contributed by atoms with van der Waals surface area (Å²) in [5.74, 6) is 1.34. The number of amides is 1. The predicted molar refractivity (Wildman–Crippen MR) is 136 cm³/mol. The van der Waals surface area contributed by atoms with Crippen LogP contribution in [0.2, 0.25) is 0 Å². The number of sulfone groups is 1. The number of aromatic nitrogens is 2. The number of rotatable bonds is 5. The summed E-state index contributed by atoms with van der Waals surface area (Å²) in [5, 5.41) is 0. The summed E-state index contributed by atoms with van der Waals surface area (Å²) in [6.45, 7) is 4.14. The van der Waals surface area contributed by atoms with Crippen molar-refractivity contribution in [2.24, 2.45) is 0 Å². The van der Waals surface area contributed by atoms with E-state index in [1.807, 2.05) is 42.2 Å². The van der Waals surface area contributed by atoms with Crippen molar-refractivity contribution in [2.45, 2.75) is 45.2 Å². The van der Waals surface area contributed by atoms with Gasteiger partial charge in [0.15, 0.2) is 9.84 Å². The summed E-state index contributed by atoms with van der Waals surface area (Å²) >= 11 is 0. The first kappa shape index (κ1) is 23.8. The molecule has 3 aromatic rings. The van der Waals surface area contributed by atoms with E-state index in [0.29, 0.717) is 25.9 Å². The van der Waals surface area contributed by atoms with Crippen LogP contribution in [0.25, 0.3) is 11.0 Å². The highest BCUT2D eigenvalue weighted by Crippen LogP contribution is 2.36. The molecular formula is C26H32N4O4S. The Kier molecular flexibility index (Phi) is 6.55. The fraction of sp³-hybridized carbons (Fsp3) is 0.462. The van der Waals surface area contributed by atoms with Gasteiger partial charge in [0.25, 0.3) is 0 Å². The van der Waals surface area contributed by atoms with Crippen LogP contribution in [0.4, 0.5) is 10.5 Å². The molecule has 2 aliphatic heterocycles. The minimum absolute atomic E-state index is 0.0549. The fourth-order valence-electron chi connectivity index (χ4n) is 5.35. The first-order valence-corrected chi connectivity index (χ1v) is 14.0. The molecule has 1 atom stereocenters. The van der Waals surface area contributed by atoms with Gasteiger partial charge in [-0.05, 0) is 43.9 Å². The molecule has 0 radical (unpaired) electrons. The van der Waals surface area contributed by atoms with Gasteiger partial charge in [0, 0.05) is 37.7 Å². The lowest BCUT2D eigenvalue weighted by Crippen LogP contribution is -2.42. The summed E-state index contributed by atoms with van der Waals surface area (Å²) in [4.78, 5) is 21.4. The van der Waals surface area contributed by atoms with Crippen molar-refractivity contribution in [1.82, 2.24) is 14.5 Å². The maximum atomic E-state index is 12.5. The van der Waals surface area contributed by atoms with Gasteiger partial charge in [-0.2, -0.15) is 0 Å². The van der Waals surface area contributed by atoms with E-state index in [1.54, 1.807) is 4.90 Å². The standard InChI is InChI=1S/C26H32N4O4S/c1-19-9-10-21-22(30(19)26(31)34-2)11-12-23-25(21)27-24(17-20-7-4-3-5-8-20)29(23)15-14-28-13-6-16-35(32,33)18-28/h3-5,7-8,11-12,19H,6,9-10,13-18H2,1-2H3/t19-/m0/s1. The molecule has 3 heterocycles. The highest BCUT2D eigenvalue weighted by Gasteiger charge is 2.31. The molecule has 0 aliphatic carbocycles. The van der Waals surface area contributed by atoms with Crippen LogP contribution in [0.3, 0.4) is 0 Å². The molecule has 2 aliphatic rings. The average Bonchev–Trinajstić information content (AvgIpc) is 3.19. The zero-order chi connectivity index (χ0) is 24.6. The minimum Gasteiger partial charge on any atom is -0.452 e. The van der Waals surface area contributed by atoms with E-state index in [1.165, 1.54) is 12.7 Å². The van der Waals surface area contributed by atoms with E-state index >= 15 is 0 Å². The number of imidazole rings is 1. The molecule has 0 N–H and O–H groups in total. The third kappa shape index (κ3) is 4.79. The molecule has 5 rings (SSSR count). The van der Waals surface area contributed by atoms with Crippen molar-refractivity contribution in [2.75, 3.05) is 36.7 Å². The van der Waals surface area contributed by atoms with Crippen LogP contribution in [0.5, 0.6) is 0 Å². The third-order valence-electron chi connectivity index (χ3n) is 7.12. The van der Waals surface area contributed by atoms with Gasteiger partial charge in [0.1, 0.15) is 11.7 Å². The number of nitrogens with zero attached hydrogens (tertiary/aromatic N) is 4. The molecule has 186 valence electrons. The number of hydrogen-bond acceptors (Lipinski definition) is 6. The SMILES string of the molecule is COC(=O)N1c2ccc3c(nc(Cc4ccccc4)n3CCN3CCCS(=O)(=O)C3)c2CC[C@@H]1C. The van der Waals surface area contributed by atoms with Crippen molar-refractivity contribution in [3.8, 4) is 0 Å². The molecule has 0 spiro atoms. The Morgan fingerprint density at radius 2 is 1.94 bits per heavy atom. The molecule has 1 saturated heterocycles. The molecular weight excluding hydrogens is 464 g/mol. The van der Waals surface area contributed by atoms with Gasteiger partial charge < -0.3 is 9.30 Å². The van der Waals surface area contributed by atoms with E-state index in [-0.39, 0.29) is 23.8 Å². The van der Waals surface area contributed by atoms with Gasteiger partial charge in [-0.1, -0.05) is 30.3 Å². The molecule has 9 heteroatoms. The number of aryl methyl sites for hydroxylation is 1. The first-order chi connectivity index (χ1) is 16.9. The van der Waals surface area contributed by atoms with Crippen molar-refractivity contribution in [3.63, 3.8) is 0 Å². The van der Waals surface area contributed by atoms with Gasteiger partial charge in [0.2, 0.25) is 0 Å². The molecule has 0 saturated carbocycles. The van der Waals surface area contributed by atoms with Gasteiger partial charge in [0.05, 0.1) is 29.6 Å². The maximum Gasteiger partial charge on any atom is 0.414 e. The summed E-state index contributed by atoms with van der Waals surface area (Å²) in [6.07, 6.45) is 2.69. The number of fused-ring (bicyclic) bond motifs is 3. The summed E-state index contributed by atoms with van der Waals surface area (Å²) in [6, 6.07) is 14.3. The lowest BCUT2D eigenvalue weighted by atomic mass is 9.96. The zero-order valence-corrected chi connectivity index (χ0v) is 21.1. The minimum atomic E-state index is -3.01. The third-order valence-corrected chi connectivity index (χ3v) is 8.79. The molecule has 35 heavy (non-hydrogen) atoms. The number of carbonyl (C=O) groups excluding carboxylic acids is 1. The number of hydrogen-bond donors (Lipinski definition) is 0. The van der Waals surface area contributed by atoms with E-state index in [0.717, 1.165) is 47.5 Å². The predicted octanol–water partition coefficient (Wildman–Crippen LogP) is 3.61. The first-order valence-electron chi connectivity index (χ1n) is 12.2. The van der Waals surface area contributed by atoms with Gasteiger partial charge in [-0.25, -0.2) is 18.2 Å². The van der Waals surface area contributed by atoms with Crippen molar-refractivity contribution < 1.29 is 17.9 Å². The summed E-state index contributed by atoms with van der Waals surface area (Å²) in [5.41, 5.74) is 5.04. The Morgan fingerprint density at radius 3 is 2.69 bits per heavy atom. The lowest BCUT2D eigenvalue weighted by molar-refractivity contribution is 0.175. The molecule has 2 aromatic carbocycles. The van der Waals surface area contributed by atoms with E-state index in [9.17, 15) is 13.2 Å². The Bertz CT molecular complexity index is 1340. The van der Waals surface area contributed by atoms with Gasteiger partial charge in [-0.15, -0.1) is 0 Å². The smallest absolute Gasteiger partial charge is 0.414 e. The monoisotopic (exact) mass is 496 g/mol. The molecule has 0 unspecified atom stereocenters. The Balaban J connectivity index is 1.54. The Labute approximate surface area is 206 Å². The number of carbonyl (C=O) groups is 1. The second-order valence-electron chi connectivity index (χ2n) is 9.55. The van der Waals surface area contributed by atoms with Crippen molar-refractivity contribution in [3.05, 3.63) is 59.4 Å². The molecule has 0 bridgehead atoms. The van der Waals surface area contributed by atoms with Crippen molar-refractivity contribution >= 4 is 32.7 Å². The van der Waals surface area contributed by atoms with Crippen LogP contribution in [-0.2, 0) is 34.0 Å². The lowest BCUT2D eigenvalue weighted by Gasteiger charge is -2.34. The fourth-order valence-corrected chi connectivity index (χ4v) is 6.86. The van der Waals surface area contributed by atoms with E-state index in [4.69, 9.17) is 9.72 Å². The molecule has 1 fully saturated rings. The Hall–Kier alpha value is -2.91. The highest BCUT2D eigenvalue weighted by atomic mass is 32.2. The largest absolute Gasteiger partial charge is 0.452 e. The summed E-state index contributed by atoms with van der Waals surface area (Å²) < 4.78 is 31.6. The normalized spacial score (nSPS) is 20.1. The second-order valence-corrected chi connectivity index (χ2v) is 11.7. The quantitative estimate of drug-likeness (QED) is 0.537. The van der Waals surface area contributed by atoms with Crippen LogP contribution in [0.15, 0.2) is 42.5 Å². The van der Waals surface area contributed by atoms with Gasteiger partial charge in [-0.3, -0.25) is 9.80 Å². The van der Waals surface area contributed by atoms with Crippen LogP contribution < -0.4 is 4.90 Å². The topological polar surface area (TPSA) is 84.7 Å². The second kappa shape index (κ2) is 9.62. The van der Waals surface area contributed by atoms with Crippen molar-refractivity contribution in [1.29, 1.82) is 0 Å². The van der Waals surface area contributed by atoms with Crippen LogP contribution in [0, 0.1) is 0 Å². The van der Waals surface area contributed by atoms with Gasteiger partial charge >= 0.3 is 6.09 Å². The van der Waals surface area contributed by atoms with E-state index < -0.39 is 9.84 Å².